The maximum atomic E-state index is 11.4. The Kier molecular flexibility index (Phi) is 11.0. The molecule has 6 nitrogen and oxygen atoms in total. The fraction of sp³-hybridized carbons (Fsp3) is 0.684. The van der Waals surface area contributed by atoms with Crippen molar-refractivity contribution in [2.45, 2.75) is 33.1 Å². The summed E-state index contributed by atoms with van der Waals surface area (Å²) in [5.41, 5.74) is -1.47. The highest BCUT2D eigenvalue weighted by atomic mass is 35.5. The summed E-state index contributed by atoms with van der Waals surface area (Å²) in [6.45, 7) is 2.14. The number of ether oxygens (including phenoxy) is 4. The van der Waals surface area contributed by atoms with Gasteiger partial charge in [0.15, 0.2) is 0 Å². The van der Waals surface area contributed by atoms with Crippen molar-refractivity contribution >= 4 is 23.5 Å². The summed E-state index contributed by atoms with van der Waals surface area (Å²) in [7, 11) is 2.71. The normalized spacial score (nSPS) is 19.6. The molecular weight excluding hydrogens is 360 g/mol. The number of esters is 2. The van der Waals surface area contributed by atoms with Gasteiger partial charge in [0, 0.05) is 31.8 Å². The van der Waals surface area contributed by atoms with Crippen LogP contribution in [0, 0.1) is 34.5 Å². The number of rotatable bonds is 2. The number of terminal acetylenes is 1. The van der Waals surface area contributed by atoms with Crippen LogP contribution in [0.15, 0.2) is 0 Å². The Labute approximate surface area is 160 Å². The first kappa shape index (κ1) is 24.3. The van der Waals surface area contributed by atoms with Crippen LogP contribution in [0.25, 0.3) is 0 Å². The Morgan fingerprint density at radius 3 is 1.65 bits per heavy atom. The molecule has 0 spiro atoms. The van der Waals surface area contributed by atoms with Crippen molar-refractivity contribution in [1.82, 2.24) is 0 Å². The molecule has 0 bridgehead atoms. The van der Waals surface area contributed by atoms with Crippen LogP contribution in [-0.4, -0.2) is 52.6 Å². The van der Waals surface area contributed by atoms with E-state index in [-0.39, 0.29) is 19.4 Å². The quantitative estimate of drug-likeness (QED) is 0.536. The Bertz CT molecular complexity index is 557. The highest BCUT2D eigenvalue weighted by Crippen LogP contribution is 2.31. The van der Waals surface area contributed by atoms with E-state index in [2.05, 4.69) is 26.7 Å². The largest absolute Gasteiger partial charge is 0.468 e. The third kappa shape index (κ3) is 5.92. The second-order valence-corrected chi connectivity index (χ2v) is 5.92. The van der Waals surface area contributed by atoms with Gasteiger partial charge in [-0.05, 0) is 37.3 Å². The molecule has 2 saturated heterocycles. The summed E-state index contributed by atoms with van der Waals surface area (Å²) in [6.07, 6.45) is 7.55. The minimum Gasteiger partial charge on any atom is -0.468 e. The van der Waals surface area contributed by atoms with E-state index in [0.717, 1.165) is 0 Å². The van der Waals surface area contributed by atoms with Gasteiger partial charge in [-0.25, -0.2) is 0 Å². The van der Waals surface area contributed by atoms with Gasteiger partial charge in [0.2, 0.25) is 0 Å². The van der Waals surface area contributed by atoms with Gasteiger partial charge in [-0.3, -0.25) is 9.59 Å². The van der Waals surface area contributed by atoms with Crippen LogP contribution < -0.4 is 0 Å². The zero-order chi connectivity index (χ0) is 18.8. The number of hydrogen-bond donors (Lipinski definition) is 0. The van der Waals surface area contributed by atoms with Crippen molar-refractivity contribution in [2.75, 3.05) is 40.6 Å². The average Bonchev–Trinajstić information content (AvgIpc) is 2.68. The highest BCUT2D eigenvalue weighted by molar-refractivity contribution is 6.30. The number of hydrogen-bond acceptors (Lipinski definition) is 6. The van der Waals surface area contributed by atoms with Crippen LogP contribution >= 0.6 is 11.6 Å². The standard InChI is InChI=1S/C9H11ClO3.C9H12O3.CH4/c1-12-8(11)9(2-5-10)3-6-13-7-4-9;1-3-9(8(10)11-2)4-6-12-7-5-9;/h3-4,6-7H2,1H3;1H,4-7H2,2H3;1H4. The second kappa shape index (κ2) is 11.8. The van der Waals surface area contributed by atoms with E-state index in [1.54, 1.807) is 0 Å². The van der Waals surface area contributed by atoms with Crippen LogP contribution in [0.5, 0.6) is 0 Å². The first-order valence-electron chi connectivity index (χ1n) is 7.93. The molecule has 0 N–H and O–H groups in total. The first-order chi connectivity index (χ1) is 12.0. The third-order valence-corrected chi connectivity index (χ3v) is 4.50. The lowest BCUT2D eigenvalue weighted by Gasteiger charge is -2.29. The van der Waals surface area contributed by atoms with Crippen molar-refractivity contribution in [2.24, 2.45) is 10.8 Å². The molecule has 0 aliphatic carbocycles. The number of halogens is 1. The van der Waals surface area contributed by atoms with E-state index in [1.165, 1.54) is 14.2 Å². The molecule has 2 heterocycles. The summed E-state index contributed by atoms with van der Waals surface area (Å²) < 4.78 is 19.6. The molecule has 2 rings (SSSR count). The molecule has 0 amide bonds. The van der Waals surface area contributed by atoms with Gasteiger partial charge in [0.25, 0.3) is 0 Å². The number of carbonyl (C=O) groups is 2. The SMILES string of the molecule is C.C#CC1(C(=O)OC)CCOCC1.COC(=O)C1(C#CCl)CCOCC1. The Hall–Kier alpha value is -1.73. The number of methoxy groups -OCH3 is 2. The second-order valence-electron chi connectivity index (χ2n) is 5.74. The molecule has 0 saturated carbocycles. The van der Waals surface area contributed by atoms with E-state index in [9.17, 15) is 9.59 Å². The smallest absolute Gasteiger partial charge is 0.324 e. The summed E-state index contributed by atoms with van der Waals surface area (Å²) >= 11 is 5.32. The monoisotopic (exact) mass is 386 g/mol. The molecular formula is C19H27ClO6. The summed E-state index contributed by atoms with van der Waals surface area (Å²) in [6, 6.07) is 0. The molecule has 146 valence electrons. The van der Waals surface area contributed by atoms with Crippen molar-refractivity contribution in [3.05, 3.63) is 0 Å². The van der Waals surface area contributed by atoms with Gasteiger partial charge in [0.1, 0.15) is 10.8 Å². The molecule has 0 unspecified atom stereocenters. The van der Waals surface area contributed by atoms with Gasteiger partial charge in [0.05, 0.1) is 14.2 Å². The number of carbonyl (C=O) groups excluding carboxylic acids is 2. The van der Waals surface area contributed by atoms with Gasteiger partial charge < -0.3 is 18.9 Å². The predicted molar refractivity (Wildman–Crippen MR) is 98.2 cm³/mol. The van der Waals surface area contributed by atoms with Crippen molar-refractivity contribution in [1.29, 1.82) is 0 Å². The summed E-state index contributed by atoms with van der Waals surface area (Å²) in [5.74, 6) is 4.60. The fourth-order valence-corrected chi connectivity index (χ4v) is 2.89. The van der Waals surface area contributed by atoms with Crippen molar-refractivity contribution in [3.63, 3.8) is 0 Å². The van der Waals surface area contributed by atoms with Gasteiger partial charge >= 0.3 is 11.9 Å². The van der Waals surface area contributed by atoms with Crippen LogP contribution in [0.2, 0.25) is 0 Å². The molecule has 0 aromatic rings. The molecule has 2 aliphatic rings. The van der Waals surface area contributed by atoms with Crippen LogP contribution in [0.3, 0.4) is 0 Å². The van der Waals surface area contributed by atoms with E-state index < -0.39 is 10.8 Å². The fourth-order valence-electron chi connectivity index (χ4n) is 2.71. The van der Waals surface area contributed by atoms with Crippen LogP contribution in [0.1, 0.15) is 33.1 Å². The van der Waals surface area contributed by atoms with E-state index in [0.29, 0.717) is 52.1 Å². The van der Waals surface area contributed by atoms with Gasteiger partial charge in [-0.2, -0.15) is 0 Å². The van der Waals surface area contributed by atoms with Crippen LogP contribution in [-0.2, 0) is 28.5 Å². The lowest BCUT2D eigenvalue weighted by molar-refractivity contribution is -0.154. The Balaban J connectivity index is 0.000000464. The van der Waals surface area contributed by atoms with E-state index >= 15 is 0 Å². The molecule has 0 aromatic heterocycles. The predicted octanol–water partition coefficient (Wildman–Crippen LogP) is 2.38. The van der Waals surface area contributed by atoms with Gasteiger partial charge in [-0.15, -0.1) is 6.42 Å². The van der Waals surface area contributed by atoms with Crippen molar-refractivity contribution < 1.29 is 28.5 Å². The minimum atomic E-state index is -0.741. The summed E-state index contributed by atoms with van der Waals surface area (Å²) in [5, 5.41) is 2.26. The maximum absolute atomic E-state index is 11.4. The minimum absolute atomic E-state index is 0. The topological polar surface area (TPSA) is 71.1 Å². The molecule has 2 aliphatic heterocycles. The lowest BCUT2D eigenvalue weighted by Crippen LogP contribution is -2.36. The molecule has 0 aromatic carbocycles. The van der Waals surface area contributed by atoms with Crippen LogP contribution in [0.4, 0.5) is 0 Å². The zero-order valence-corrected chi connectivity index (χ0v) is 15.3. The molecule has 2 fully saturated rings. The van der Waals surface area contributed by atoms with E-state index in [1.807, 2.05) is 0 Å². The summed E-state index contributed by atoms with van der Waals surface area (Å²) in [4.78, 5) is 22.7. The Morgan fingerprint density at radius 1 is 0.923 bits per heavy atom. The van der Waals surface area contributed by atoms with Crippen molar-refractivity contribution in [3.8, 4) is 23.6 Å². The maximum Gasteiger partial charge on any atom is 0.324 e. The lowest BCUT2D eigenvalue weighted by atomic mass is 9.81. The van der Waals surface area contributed by atoms with Gasteiger partial charge in [-0.1, -0.05) is 19.3 Å². The first-order valence-corrected chi connectivity index (χ1v) is 8.31. The molecule has 26 heavy (non-hydrogen) atoms. The molecule has 7 heteroatoms. The molecule has 0 atom stereocenters. The Morgan fingerprint density at radius 2 is 1.31 bits per heavy atom. The highest BCUT2D eigenvalue weighted by Gasteiger charge is 2.40. The zero-order valence-electron chi connectivity index (χ0n) is 14.6. The van der Waals surface area contributed by atoms with E-state index in [4.69, 9.17) is 27.5 Å². The average molecular weight is 387 g/mol. The molecule has 0 radical (unpaired) electrons. The third-order valence-electron chi connectivity index (χ3n) is 4.41.